The van der Waals surface area contributed by atoms with Crippen LogP contribution in [-0.4, -0.2) is 188 Å². The molecule has 3 heterocycles. The standard InChI is InChI=1S/C25H45NO18/c1-25(2,3)44-24(37)26-4-5-38-21-18(34)16(32)13(29)10(42-21)7-40-23-20(36)17(33)14(30)11(43-23)8-39-22-19(35)15(31)12(28)9(6-27)41-22/h9-23,27-36H,4-8H2,1-3H3,(H,26,37). The van der Waals surface area contributed by atoms with Crippen LogP contribution in [0.25, 0.3) is 0 Å². The molecule has 0 aliphatic carbocycles. The van der Waals surface area contributed by atoms with Crippen LogP contribution in [0.4, 0.5) is 4.79 Å². The van der Waals surface area contributed by atoms with E-state index in [0.29, 0.717) is 0 Å². The lowest BCUT2D eigenvalue weighted by atomic mass is 9.98. The summed E-state index contributed by atoms with van der Waals surface area (Å²) in [6, 6.07) is 0. The van der Waals surface area contributed by atoms with E-state index in [1.807, 2.05) is 0 Å². The van der Waals surface area contributed by atoms with E-state index < -0.39 is 124 Å². The van der Waals surface area contributed by atoms with Crippen molar-refractivity contribution in [3.8, 4) is 0 Å². The first-order valence-electron chi connectivity index (χ1n) is 14.1. The van der Waals surface area contributed by atoms with E-state index >= 15 is 0 Å². The molecule has 0 saturated carbocycles. The second-order valence-corrected chi connectivity index (χ2v) is 11.7. The highest BCUT2D eigenvalue weighted by Gasteiger charge is 2.49. The van der Waals surface area contributed by atoms with Gasteiger partial charge in [-0.1, -0.05) is 0 Å². The van der Waals surface area contributed by atoms with Gasteiger partial charge < -0.3 is 89.5 Å². The number of aliphatic hydroxyl groups is 10. The molecule has 3 fully saturated rings. The number of carbonyl (C=O) groups excluding carboxylic acids is 1. The molecule has 0 aromatic rings. The summed E-state index contributed by atoms with van der Waals surface area (Å²) in [4.78, 5) is 11.8. The van der Waals surface area contributed by atoms with Crippen molar-refractivity contribution >= 4 is 6.09 Å². The first kappa shape index (κ1) is 37.1. The third-order valence-corrected chi connectivity index (χ3v) is 7.09. The Morgan fingerprint density at radius 2 is 1.00 bits per heavy atom. The number of alkyl carbamates (subject to hydrolysis) is 1. The number of nitrogens with one attached hydrogen (secondary N) is 1. The fourth-order valence-corrected chi connectivity index (χ4v) is 4.61. The van der Waals surface area contributed by atoms with Crippen LogP contribution in [0.1, 0.15) is 20.8 Å². The minimum Gasteiger partial charge on any atom is -0.444 e. The smallest absolute Gasteiger partial charge is 0.407 e. The summed E-state index contributed by atoms with van der Waals surface area (Å²) in [6.07, 6.45) is -25.0. The van der Waals surface area contributed by atoms with Crippen molar-refractivity contribution in [2.24, 2.45) is 0 Å². The Bertz CT molecular complexity index is 892. The van der Waals surface area contributed by atoms with Gasteiger partial charge in [0.1, 0.15) is 78.8 Å². The van der Waals surface area contributed by atoms with Gasteiger partial charge in [-0.05, 0) is 20.8 Å². The highest BCUT2D eigenvalue weighted by Crippen LogP contribution is 2.28. The van der Waals surface area contributed by atoms with Gasteiger partial charge in [0.15, 0.2) is 18.9 Å². The van der Waals surface area contributed by atoms with E-state index in [1.54, 1.807) is 20.8 Å². The van der Waals surface area contributed by atoms with E-state index in [2.05, 4.69) is 5.32 Å². The third kappa shape index (κ3) is 9.35. The summed E-state index contributed by atoms with van der Waals surface area (Å²) < 4.78 is 37.6. The minimum absolute atomic E-state index is 0.0454. The van der Waals surface area contributed by atoms with Crippen molar-refractivity contribution in [2.45, 2.75) is 118 Å². The van der Waals surface area contributed by atoms with Gasteiger partial charge in [0.2, 0.25) is 0 Å². The average Bonchev–Trinajstić information content (AvgIpc) is 2.96. The van der Waals surface area contributed by atoms with Gasteiger partial charge >= 0.3 is 6.09 Å². The van der Waals surface area contributed by atoms with Crippen molar-refractivity contribution in [1.29, 1.82) is 0 Å². The van der Waals surface area contributed by atoms with Crippen molar-refractivity contribution in [2.75, 3.05) is 33.0 Å². The second kappa shape index (κ2) is 16.0. The molecule has 15 unspecified atom stereocenters. The molecule has 3 aliphatic rings. The second-order valence-electron chi connectivity index (χ2n) is 11.7. The van der Waals surface area contributed by atoms with Crippen molar-refractivity contribution in [3.63, 3.8) is 0 Å². The Morgan fingerprint density at radius 3 is 1.41 bits per heavy atom. The lowest BCUT2D eigenvalue weighted by Gasteiger charge is -2.43. The SMILES string of the molecule is CC(C)(C)OC(=O)NCCOC1OC(COC2OC(COC3OC(CO)C(O)C(O)C3O)C(O)C(O)C2O)C(O)C(O)C1O. The number of hydrogen-bond donors (Lipinski definition) is 11. The molecule has 0 aromatic carbocycles. The van der Waals surface area contributed by atoms with Gasteiger partial charge in [0.25, 0.3) is 0 Å². The summed E-state index contributed by atoms with van der Waals surface area (Å²) >= 11 is 0. The number of rotatable bonds is 11. The van der Waals surface area contributed by atoms with E-state index in [0.717, 1.165) is 0 Å². The summed E-state index contributed by atoms with van der Waals surface area (Å²) in [6.45, 7) is 2.95. The first-order valence-corrected chi connectivity index (χ1v) is 14.1. The molecule has 19 heteroatoms. The Morgan fingerprint density at radius 1 is 0.614 bits per heavy atom. The van der Waals surface area contributed by atoms with Crippen LogP contribution in [0, 0.1) is 0 Å². The quantitative estimate of drug-likeness (QED) is 0.0930. The lowest BCUT2D eigenvalue weighted by Crippen LogP contribution is -2.62. The molecule has 3 rings (SSSR count). The summed E-state index contributed by atoms with van der Waals surface area (Å²) in [5.74, 6) is 0. The predicted molar refractivity (Wildman–Crippen MR) is 139 cm³/mol. The molecule has 0 aromatic heterocycles. The van der Waals surface area contributed by atoms with Crippen LogP contribution in [0.3, 0.4) is 0 Å². The normalized spacial score (nSPS) is 43.4. The van der Waals surface area contributed by atoms with Crippen molar-refractivity contribution < 1.29 is 89.0 Å². The Labute approximate surface area is 252 Å². The zero-order chi connectivity index (χ0) is 32.9. The number of aliphatic hydroxyl groups excluding tert-OH is 10. The minimum atomic E-state index is -1.82. The molecule has 11 N–H and O–H groups in total. The number of ether oxygens (including phenoxy) is 7. The topological polar surface area (TPSA) is 296 Å². The summed E-state index contributed by atoms with van der Waals surface area (Å²) in [7, 11) is 0. The maximum atomic E-state index is 11.8. The van der Waals surface area contributed by atoms with E-state index in [9.17, 15) is 55.9 Å². The van der Waals surface area contributed by atoms with Gasteiger partial charge in [-0.2, -0.15) is 0 Å². The molecule has 3 aliphatic heterocycles. The van der Waals surface area contributed by atoms with Gasteiger partial charge in [-0.25, -0.2) is 4.79 Å². The lowest BCUT2D eigenvalue weighted by molar-refractivity contribution is -0.342. The van der Waals surface area contributed by atoms with Crippen molar-refractivity contribution in [1.82, 2.24) is 5.32 Å². The van der Waals surface area contributed by atoms with Gasteiger partial charge in [0, 0.05) is 6.54 Å². The zero-order valence-corrected chi connectivity index (χ0v) is 24.4. The van der Waals surface area contributed by atoms with Crippen molar-refractivity contribution in [3.05, 3.63) is 0 Å². The highest BCUT2D eigenvalue weighted by molar-refractivity contribution is 5.67. The van der Waals surface area contributed by atoms with Crippen LogP contribution in [0.2, 0.25) is 0 Å². The third-order valence-electron chi connectivity index (χ3n) is 7.09. The number of hydrogen-bond acceptors (Lipinski definition) is 18. The van der Waals surface area contributed by atoms with E-state index in [4.69, 9.17) is 33.2 Å². The molecular weight excluding hydrogens is 602 g/mol. The first-order chi connectivity index (χ1) is 20.5. The van der Waals surface area contributed by atoms with Crippen LogP contribution < -0.4 is 5.32 Å². The molecule has 0 spiro atoms. The molecule has 0 bridgehead atoms. The fraction of sp³-hybridized carbons (Fsp3) is 0.960. The van der Waals surface area contributed by atoms with Crippen LogP contribution in [0.5, 0.6) is 0 Å². The van der Waals surface area contributed by atoms with Crippen LogP contribution >= 0.6 is 0 Å². The van der Waals surface area contributed by atoms with Gasteiger partial charge in [0.05, 0.1) is 26.4 Å². The molecule has 258 valence electrons. The zero-order valence-electron chi connectivity index (χ0n) is 24.4. The maximum absolute atomic E-state index is 11.8. The Hall–Kier alpha value is -1.37. The Balaban J connectivity index is 1.53. The van der Waals surface area contributed by atoms with E-state index in [1.165, 1.54) is 0 Å². The molecule has 44 heavy (non-hydrogen) atoms. The fourth-order valence-electron chi connectivity index (χ4n) is 4.61. The average molecular weight is 648 g/mol. The molecule has 0 radical (unpaired) electrons. The maximum Gasteiger partial charge on any atom is 0.407 e. The van der Waals surface area contributed by atoms with Crippen LogP contribution in [0.15, 0.2) is 0 Å². The molecule has 15 atom stereocenters. The van der Waals surface area contributed by atoms with E-state index in [-0.39, 0.29) is 13.2 Å². The molecule has 3 saturated heterocycles. The molecule has 19 nitrogen and oxygen atoms in total. The van der Waals surface area contributed by atoms with Gasteiger partial charge in [-0.3, -0.25) is 0 Å². The number of carbonyl (C=O) groups is 1. The number of amides is 1. The highest BCUT2D eigenvalue weighted by atomic mass is 16.7. The van der Waals surface area contributed by atoms with Gasteiger partial charge in [-0.15, -0.1) is 0 Å². The molecule has 1 amide bonds. The largest absolute Gasteiger partial charge is 0.444 e. The predicted octanol–water partition coefficient (Wildman–Crippen LogP) is -6.02. The monoisotopic (exact) mass is 647 g/mol. The summed E-state index contributed by atoms with van der Waals surface area (Å²) in [5.41, 5.74) is -0.720. The van der Waals surface area contributed by atoms with Crippen LogP contribution in [-0.2, 0) is 33.2 Å². The molecular formula is C25H45NO18. The summed E-state index contributed by atoms with van der Waals surface area (Å²) in [5, 5.41) is 104. The Kier molecular flexibility index (Phi) is 13.4.